The molecule has 0 aliphatic carbocycles. The molecule has 1 saturated heterocycles. The van der Waals surface area contributed by atoms with Crippen molar-refractivity contribution in [3.63, 3.8) is 0 Å². The first kappa shape index (κ1) is 11.1. The zero-order valence-electron chi connectivity index (χ0n) is 9.18. The molecule has 0 amide bonds. The lowest BCUT2D eigenvalue weighted by atomic mass is 9.66. The highest BCUT2D eigenvalue weighted by Crippen LogP contribution is 2.38. The molecule has 1 aliphatic heterocycles. The van der Waals surface area contributed by atoms with Gasteiger partial charge >= 0.3 is 0 Å². The molecule has 1 aliphatic rings. The maximum Gasteiger partial charge on any atom is 0.293 e. The summed E-state index contributed by atoms with van der Waals surface area (Å²) in [5, 5.41) is 0. The molecule has 0 aromatic heterocycles. The van der Waals surface area contributed by atoms with E-state index < -0.39 is 8.07 Å². The van der Waals surface area contributed by atoms with Gasteiger partial charge in [0.25, 0.3) is 6.92 Å². The molecule has 3 heteroatoms. The smallest absolute Gasteiger partial charge is 0.293 e. The number of rotatable bonds is 4. The fraction of sp³-hybridized carbons (Fsp3) is 0.800. The van der Waals surface area contributed by atoms with E-state index in [4.69, 9.17) is 4.65 Å². The summed E-state index contributed by atoms with van der Waals surface area (Å²) in [5.41, 5.74) is 0.868. The third-order valence-electron chi connectivity index (χ3n) is 2.99. The lowest BCUT2D eigenvalue weighted by molar-refractivity contribution is 0.367. The van der Waals surface area contributed by atoms with Crippen LogP contribution in [-0.4, -0.2) is 21.6 Å². The molecular weight excluding hydrogens is 175 g/mol. The molecule has 1 heterocycles. The van der Waals surface area contributed by atoms with Crippen LogP contribution in [0.25, 0.3) is 0 Å². The van der Waals surface area contributed by atoms with Crippen LogP contribution in [0.1, 0.15) is 12.8 Å². The Labute approximate surface area is 83.7 Å². The van der Waals surface area contributed by atoms with Crippen molar-refractivity contribution in [1.29, 1.82) is 0 Å². The summed E-state index contributed by atoms with van der Waals surface area (Å²) in [6.45, 7) is 12.3. The van der Waals surface area contributed by atoms with Crippen LogP contribution in [0.15, 0.2) is 12.7 Å². The van der Waals surface area contributed by atoms with E-state index in [2.05, 4.69) is 26.2 Å². The van der Waals surface area contributed by atoms with Gasteiger partial charge in [0.1, 0.15) is 0 Å². The quantitative estimate of drug-likeness (QED) is 0.495. The second-order valence-corrected chi connectivity index (χ2v) is 10.5. The lowest BCUT2D eigenvalue weighted by Crippen LogP contribution is -2.37. The van der Waals surface area contributed by atoms with Crippen molar-refractivity contribution in [2.24, 2.45) is 0 Å². The molecule has 1 rings (SSSR count). The fourth-order valence-corrected chi connectivity index (χ4v) is 4.76. The van der Waals surface area contributed by atoms with Gasteiger partial charge in [-0.2, -0.15) is 0 Å². The molecule has 0 aromatic carbocycles. The van der Waals surface area contributed by atoms with Gasteiger partial charge in [-0.15, -0.1) is 6.58 Å². The van der Waals surface area contributed by atoms with Gasteiger partial charge in [-0.3, -0.25) is 0 Å². The lowest BCUT2D eigenvalue weighted by Gasteiger charge is -2.28. The van der Waals surface area contributed by atoms with E-state index in [1.54, 1.807) is 0 Å². The zero-order valence-corrected chi connectivity index (χ0v) is 10.2. The van der Waals surface area contributed by atoms with Crippen LogP contribution in [0.2, 0.25) is 31.4 Å². The molecule has 13 heavy (non-hydrogen) atoms. The molecule has 0 saturated carbocycles. The first-order valence-corrected chi connectivity index (χ1v) is 8.86. The van der Waals surface area contributed by atoms with Gasteiger partial charge in [0, 0.05) is 14.7 Å². The van der Waals surface area contributed by atoms with E-state index in [0.717, 1.165) is 12.0 Å². The second kappa shape index (κ2) is 4.47. The summed E-state index contributed by atoms with van der Waals surface area (Å²) in [7, 11) is -0.997. The Hall–Kier alpha value is -0.0182. The van der Waals surface area contributed by atoms with Crippen molar-refractivity contribution in [2.75, 3.05) is 6.61 Å². The monoisotopic (exact) mass is 196 g/mol. The highest BCUT2D eigenvalue weighted by molar-refractivity contribution is 6.88. The number of hydrogen-bond donors (Lipinski definition) is 0. The van der Waals surface area contributed by atoms with Crippen LogP contribution >= 0.6 is 0 Å². The maximum atomic E-state index is 5.81. The first-order valence-electron chi connectivity index (χ1n) is 5.28. The molecule has 1 fully saturated rings. The predicted molar refractivity (Wildman–Crippen MR) is 63.0 cm³/mol. The highest BCUT2D eigenvalue weighted by atomic mass is 28.3. The summed E-state index contributed by atoms with van der Waals surface area (Å²) in [6.07, 6.45) is 5.87. The summed E-state index contributed by atoms with van der Waals surface area (Å²) >= 11 is 0. The molecule has 0 bridgehead atoms. The SMILES string of the molecule is C=CCOB1CCC[C@H]1[Si](C)(C)C. The Bertz CT molecular complexity index is 176. The summed E-state index contributed by atoms with van der Waals surface area (Å²) in [4.78, 5) is 0. The zero-order chi connectivity index (χ0) is 9.90. The van der Waals surface area contributed by atoms with Crippen molar-refractivity contribution in [1.82, 2.24) is 0 Å². The Morgan fingerprint density at radius 3 is 2.77 bits per heavy atom. The molecule has 0 unspecified atom stereocenters. The Balaban J connectivity index is 2.48. The minimum Gasteiger partial charge on any atom is -0.433 e. The maximum absolute atomic E-state index is 5.81. The topological polar surface area (TPSA) is 9.23 Å². The van der Waals surface area contributed by atoms with Gasteiger partial charge in [-0.25, -0.2) is 0 Å². The van der Waals surface area contributed by atoms with E-state index in [0.29, 0.717) is 6.92 Å². The molecule has 0 N–H and O–H groups in total. The fourth-order valence-electron chi connectivity index (χ4n) is 2.31. The summed E-state index contributed by atoms with van der Waals surface area (Å²) in [6, 6.07) is 0. The van der Waals surface area contributed by atoms with Gasteiger partial charge in [0.05, 0.1) is 0 Å². The average Bonchev–Trinajstić information content (AvgIpc) is 2.47. The van der Waals surface area contributed by atoms with Crippen LogP contribution in [0, 0.1) is 0 Å². The molecular formula is C10H21BOSi. The molecule has 1 atom stereocenters. The van der Waals surface area contributed by atoms with Crippen molar-refractivity contribution in [3.05, 3.63) is 12.7 Å². The van der Waals surface area contributed by atoms with E-state index in [9.17, 15) is 0 Å². The Morgan fingerprint density at radius 2 is 2.23 bits per heavy atom. The minimum atomic E-state index is -0.997. The van der Waals surface area contributed by atoms with Crippen LogP contribution in [-0.2, 0) is 4.65 Å². The van der Waals surface area contributed by atoms with E-state index in [-0.39, 0.29) is 0 Å². The third-order valence-corrected chi connectivity index (χ3v) is 5.88. The molecule has 0 radical (unpaired) electrons. The summed E-state index contributed by atoms with van der Waals surface area (Å²) < 4.78 is 5.81. The summed E-state index contributed by atoms with van der Waals surface area (Å²) in [5.74, 6) is 0. The Kier molecular flexibility index (Phi) is 3.80. The molecule has 0 aromatic rings. The second-order valence-electron chi connectivity index (χ2n) is 5.06. The van der Waals surface area contributed by atoms with Gasteiger partial charge in [0.15, 0.2) is 0 Å². The van der Waals surface area contributed by atoms with Gasteiger partial charge < -0.3 is 4.65 Å². The van der Waals surface area contributed by atoms with E-state index in [1.165, 1.54) is 19.2 Å². The van der Waals surface area contributed by atoms with Gasteiger partial charge in [-0.1, -0.05) is 38.6 Å². The third kappa shape index (κ3) is 2.99. The van der Waals surface area contributed by atoms with Crippen LogP contribution in [0.4, 0.5) is 0 Å². The largest absolute Gasteiger partial charge is 0.433 e. The standard InChI is InChI=1S/C10H21BOSi/c1-5-9-12-11-8-6-7-10(11)13(2,3)4/h5,10H,1,6-9H2,2-4H3/t10-/m1/s1. The van der Waals surface area contributed by atoms with Crippen LogP contribution in [0.3, 0.4) is 0 Å². The van der Waals surface area contributed by atoms with Gasteiger partial charge in [0.2, 0.25) is 0 Å². The van der Waals surface area contributed by atoms with Crippen molar-refractivity contribution < 1.29 is 4.65 Å². The molecule has 0 spiro atoms. The average molecular weight is 196 g/mol. The van der Waals surface area contributed by atoms with Crippen molar-refractivity contribution in [3.8, 4) is 0 Å². The minimum absolute atomic E-state index is 0.532. The highest BCUT2D eigenvalue weighted by Gasteiger charge is 2.40. The Morgan fingerprint density at radius 1 is 1.54 bits per heavy atom. The van der Waals surface area contributed by atoms with Gasteiger partial charge in [-0.05, 0) is 11.8 Å². The van der Waals surface area contributed by atoms with Crippen LogP contribution < -0.4 is 0 Å². The predicted octanol–water partition coefficient (Wildman–Crippen LogP) is 3.22. The van der Waals surface area contributed by atoms with E-state index >= 15 is 0 Å². The van der Waals surface area contributed by atoms with Crippen LogP contribution in [0.5, 0.6) is 0 Å². The number of hydrogen-bond acceptors (Lipinski definition) is 1. The molecule has 74 valence electrons. The normalized spacial score (nSPS) is 23.6. The van der Waals surface area contributed by atoms with Crippen molar-refractivity contribution in [2.45, 2.75) is 44.2 Å². The van der Waals surface area contributed by atoms with Crippen molar-refractivity contribution >= 4 is 15.0 Å². The molecule has 1 nitrogen and oxygen atoms in total. The van der Waals surface area contributed by atoms with E-state index in [1.807, 2.05) is 6.08 Å². The first-order chi connectivity index (χ1) is 6.05.